The molecule has 1 N–H and O–H groups in total. The maximum absolute atomic E-state index is 5.50. The molecular formula is C11H17NO. The molecule has 1 unspecified atom stereocenters. The molecule has 0 amide bonds. The second-order valence-electron chi connectivity index (χ2n) is 3.17. The Labute approximate surface area is 80.1 Å². The van der Waals surface area contributed by atoms with Crippen LogP contribution in [0.25, 0.3) is 0 Å². The van der Waals surface area contributed by atoms with Gasteiger partial charge >= 0.3 is 0 Å². The summed E-state index contributed by atoms with van der Waals surface area (Å²) in [7, 11) is 5.93. The summed E-state index contributed by atoms with van der Waals surface area (Å²) in [6.45, 7) is 3.61. The van der Waals surface area contributed by atoms with E-state index in [1.54, 1.807) is 0 Å². The Bertz CT molecular complexity index is 258. The van der Waals surface area contributed by atoms with E-state index in [4.69, 9.17) is 4.74 Å². The predicted octanol–water partition coefficient (Wildman–Crippen LogP) is 0.892. The summed E-state index contributed by atoms with van der Waals surface area (Å²) in [6, 6.07) is 8.11. The van der Waals surface area contributed by atoms with E-state index < -0.39 is 0 Å². The van der Waals surface area contributed by atoms with Crippen molar-refractivity contribution < 1.29 is 9.64 Å². The van der Waals surface area contributed by atoms with Gasteiger partial charge in [-0.25, -0.2) is 0 Å². The van der Waals surface area contributed by atoms with Crippen LogP contribution in [0.5, 0.6) is 5.75 Å². The molecule has 0 fully saturated rings. The fourth-order valence-corrected chi connectivity index (χ4v) is 1.27. The van der Waals surface area contributed by atoms with Crippen LogP contribution in [0, 0.1) is 7.05 Å². The Morgan fingerprint density at radius 2 is 2.08 bits per heavy atom. The number of quaternary nitrogens is 1. The second-order valence-corrected chi connectivity index (χ2v) is 3.17. The minimum atomic E-state index is 0.715. The maximum Gasteiger partial charge on any atom is 0.128 e. The highest BCUT2D eigenvalue weighted by Crippen LogP contribution is 2.16. The van der Waals surface area contributed by atoms with Crippen LogP contribution in [0.3, 0.4) is 0 Å². The Hall–Kier alpha value is -1.02. The van der Waals surface area contributed by atoms with Crippen LogP contribution in [0.1, 0.15) is 12.5 Å². The van der Waals surface area contributed by atoms with Gasteiger partial charge in [-0.15, -0.1) is 0 Å². The monoisotopic (exact) mass is 179 g/mol. The van der Waals surface area contributed by atoms with Gasteiger partial charge in [0, 0.05) is 12.6 Å². The third kappa shape index (κ3) is 3.07. The van der Waals surface area contributed by atoms with Crippen molar-refractivity contribution in [3.05, 3.63) is 36.9 Å². The largest absolute Gasteiger partial charge is 0.493 e. The van der Waals surface area contributed by atoms with E-state index in [0.717, 1.165) is 17.2 Å². The van der Waals surface area contributed by atoms with Crippen LogP contribution in [-0.2, 0) is 6.54 Å². The van der Waals surface area contributed by atoms with Crippen molar-refractivity contribution in [1.29, 1.82) is 0 Å². The molecule has 0 aromatic heterocycles. The molecule has 13 heavy (non-hydrogen) atoms. The summed E-state index contributed by atoms with van der Waals surface area (Å²) in [5.41, 5.74) is 1.22. The fraction of sp³-hybridized carbons (Fsp3) is 0.364. The number of hydrogen-bond acceptors (Lipinski definition) is 1. The Balaban J connectivity index is 2.78. The van der Waals surface area contributed by atoms with Gasteiger partial charge in [0.25, 0.3) is 0 Å². The maximum atomic E-state index is 5.50. The first kappa shape index (κ1) is 10.1. The quantitative estimate of drug-likeness (QED) is 0.678. The topological polar surface area (TPSA) is 13.7 Å². The lowest BCUT2D eigenvalue weighted by Gasteiger charge is -2.16. The molecule has 2 nitrogen and oxygen atoms in total. The zero-order chi connectivity index (χ0) is 9.68. The zero-order valence-electron chi connectivity index (χ0n) is 8.34. The lowest BCUT2D eigenvalue weighted by molar-refractivity contribution is -0.846. The molecule has 0 aliphatic rings. The molecule has 2 heteroatoms. The average Bonchev–Trinajstić information content (AvgIpc) is 2.08. The molecule has 0 saturated carbocycles. The highest BCUT2D eigenvalue weighted by atomic mass is 16.5. The zero-order valence-corrected chi connectivity index (χ0v) is 8.34. The average molecular weight is 179 g/mol. The van der Waals surface area contributed by atoms with Crippen molar-refractivity contribution in [1.82, 2.24) is 0 Å². The number of rotatable bonds is 4. The lowest BCUT2D eigenvalue weighted by Crippen LogP contribution is -3.01. The molecule has 1 atom stereocenters. The van der Waals surface area contributed by atoms with Gasteiger partial charge in [0.15, 0.2) is 0 Å². The van der Waals surface area contributed by atoms with Gasteiger partial charge < -0.3 is 9.64 Å². The van der Waals surface area contributed by atoms with E-state index in [1.165, 1.54) is 5.56 Å². The molecule has 0 aliphatic carbocycles. The minimum absolute atomic E-state index is 0.715. The molecule has 0 aliphatic heterocycles. The lowest BCUT2D eigenvalue weighted by atomic mass is 10.2. The highest BCUT2D eigenvalue weighted by molar-refractivity contribution is 5.32. The molecule has 0 bridgehead atoms. The number of para-hydroxylation sites is 1. The van der Waals surface area contributed by atoms with Crippen LogP contribution >= 0.6 is 0 Å². The van der Waals surface area contributed by atoms with Crippen molar-refractivity contribution in [2.75, 3.05) is 13.7 Å². The van der Waals surface area contributed by atoms with E-state index in [1.807, 2.05) is 32.2 Å². The van der Waals surface area contributed by atoms with Crippen LogP contribution in [-0.4, -0.2) is 13.7 Å². The van der Waals surface area contributed by atoms with Crippen molar-refractivity contribution in [3.8, 4) is 5.75 Å². The highest BCUT2D eigenvalue weighted by Gasteiger charge is 2.02. The predicted molar refractivity (Wildman–Crippen MR) is 53.6 cm³/mol. The summed E-state index contributed by atoms with van der Waals surface area (Å²) in [6.07, 6.45) is 0. The molecule has 0 spiro atoms. The van der Waals surface area contributed by atoms with E-state index in [-0.39, 0.29) is 0 Å². The number of hydrogen-bond donors (Lipinski definition) is 1. The Morgan fingerprint density at radius 3 is 2.69 bits per heavy atom. The molecular weight excluding hydrogens is 162 g/mol. The number of benzene rings is 1. The van der Waals surface area contributed by atoms with Crippen LogP contribution in [0.4, 0.5) is 0 Å². The third-order valence-electron chi connectivity index (χ3n) is 1.76. The molecule has 1 aromatic rings. The third-order valence-corrected chi connectivity index (χ3v) is 1.76. The Morgan fingerprint density at radius 1 is 1.38 bits per heavy atom. The van der Waals surface area contributed by atoms with Gasteiger partial charge in [-0.2, -0.15) is 7.05 Å². The number of nitrogens with one attached hydrogen (secondary N) is 1. The van der Waals surface area contributed by atoms with Crippen molar-refractivity contribution in [2.45, 2.75) is 13.5 Å². The Kier molecular flexibility index (Phi) is 3.77. The SMILES string of the molecule is [CH2-][NH+](C)Cc1ccccc1OCC. The normalized spacial score (nSPS) is 12.5. The van der Waals surface area contributed by atoms with E-state index in [9.17, 15) is 0 Å². The molecule has 0 heterocycles. The van der Waals surface area contributed by atoms with Crippen LogP contribution < -0.4 is 9.64 Å². The first-order chi connectivity index (χ1) is 6.24. The second kappa shape index (κ2) is 4.87. The van der Waals surface area contributed by atoms with Crippen LogP contribution in [0.2, 0.25) is 0 Å². The fourth-order valence-electron chi connectivity index (χ4n) is 1.27. The van der Waals surface area contributed by atoms with Crippen LogP contribution in [0.15, 0.2) is 24.3 Å². The summed E-state index contributed by atoms with van der Waals surface area (Å²) in [5, 5.41) is 0. The molecule has 72 valence electrons. The van der Waals surface area contributed by atoms with Gasteiger partial charge in [0.2, 0.25) is 0 Å². The van der Waals surface area contributed by atoms with Gasteiger partial charge in [0.1, 0.15) is 5.75 Å². The minimum Gasteiger partial charge on any atom is -0.493 e. The van der Waals surface area contributed by atoms with Gasteiger partial charge in [-0.05, 0) is 19.1 Å². The number of ether oxygens (including phenoxy) is 1. The first-order valence-corrected chi connectivity index (χ1v) is 4.59. The van der Waals surface area contributed by atoms with Gasteiger partial charge in [-0.1, -0.05) is 12.1 Å². The van der Waals surface area contributed by atoms with Gasteiger partial charge in [-0.3, -0.25) is 0 Å². The molecule has 1 aromatic carbocycles. The summed E-state index contributed by atoms with van der Waals surface area (Å²) in [4.78, 5) is 1.16. The summed E-state index contributed by atoms with van der Waals surface area (Å²) in [5.74, 6) is 0.980. The van der Waals surface area contributed by atoms with Crippen molar-refractivity contribution >= 4 is 0 Å². The first-order valence-electron chi connectivity index (χ1n) is 4.59. The molecule has 1 rings (SSSR count). The smallest absolute Gasteiger partial charge is 0.128 e. The molecule has 0 saturated heterocycles. The summed E-state index contributed by atoms with van der Waals surface area (Å²) < 4.78 is 5.50. The van der Waals surface area contributed by atoms with E-state index in [0.29, 0.717) is 6.61 Å². The molecule has 0 radical (unpaired) electrons. The summed E-state index contributed by atoms with van der Waals surface area (Å²) >= 11 is 0. The van der Waals surface area contributed by atoms with E-state index in [2.05, 4.69) is 13.1 Å². The van der Waals surface area contributed by atoms with Crippen molar-refractivity contribution in [3.63, 3.8) is 0 Å². The standard InChI is InChI=1S/C11H17NO/c1-4-13-11-8-6-5-7-10(11)9-12(2)3/h5-8,12H,2,4,9H2,1,3H3. The van der Waals surface area contributed by atoms with Crippen molar-refractivity contribution in [2.24, 2.45) is 0 Å². The van der Waals surface area contributed by atoms with E-state index >= 15 is 0 Å². The van der Waals surface area contributed by atoms with Gasteiger partial charge in [0.05, 0.1) is 13.2 Å².